The van der Waals surface area contributed by atoms with Gasteiger partial charge in [0.05, 0.1) is 31.0 Å². The fourth-order valence-electron chi connectivity index (χ4n) is 4.51. The molecule has 8 nitrogen and oxygen atoms in total. The first-order chi connectivity index (χ1) is 17.4. The second kappa shape index (κ2) is 11.5. The predicted octanol–water partition coefficient (Wildman–Crippen LogP) is 5.09. The number of nitrogens with one attached hydrogen (secondary N) is 1. The number of amides is 1. The van der Waals surface area contributed by atoms with Crippen LogP contribution >= 0.6 is 27.7 Å². The maximum Gasteiger partial charge on any atom is 0.325 e. The fraction of sp³-hybridized carbons (Fsp3) is 0.385. The average Bonchev–Trinajstić information content (AvgIpc) is 2.86. The Balaban J connectivity index is 1.95. The first kappa shape index (κ1) is 26.2. The topological polar surface area (TPSA) is 88.4 Å². The van der Waals surface area contributed by atoms with Gasteiger partial charge in [0.1, 0.15) is 0 Å². The van der Waals surface area contributed by atoms with Crippen molar-refractivity contribution in [2.75, 3.05) is 24.9 Å². The molecule has 0 radical (unpaired) electrons. The number of hydrogen-bond acceptors (Lipinski definition) is 6. The molecule has 10 heteroatoms. The van der Waals surface area contributed by atoms with Gasteiger partial charge in [-0.05, 0) is 35.4 Å². The fourth-order valence-corrected chi connectivity index (χ4v) is 5.81. The molecule has 1 aliphatic rings. The summed E-state index contributed by atoms with van der Waals surface area (Å²) in [6, 6.07) is 11.0. The number of hydrogen-bond donors (Lipinski definition) is 1. The molecule has 0 saturated carbocycles. The summed E-state index contributed by atoms with van der Waals surface area (Å²) in [5, 5.41) is 5.37. The van der Waals surface area contributed by atoms with Gasteiger partial charge in [-0.2, -0.15) is 0 Å². The van der Waals surface area contributed by atoms with Crippen LogP contribution in [-0.4, -0.2) is 36.0 Å². The minimum absolute atomic E-state index is 0.192. The molecule has 0 spiro atoms. The van der Waals surface area contributed by atoms with Gasteiger partial charge in [0.2, 0.25) is 11.1 Å². The van der Waals surface area contributed by atoms with Crippen molar-refractivity contribution in [1.82, 2.24) is 10.1 Å². The quantitative estimate of drug-likeness (QED) is 0.218. The molecule has 3 aromatic rings. The number of thioether (sulfide) groups is 1. The maximum absolute atomic E-state index is 13.5. The molecular weight excluding hydrogens is 544 g/mol. The van der Waals surface area contributed by atoms with Gasteiger partial charge in [-0.1, -0.05) is 66.0 Å². The highest BCUT2D eigenvalue weighted by atomic mass is 79.9. The summed E-state index contributed by atoms with van der Waals surface area (Å²) < 4.78 is 13.7. The van der Waals surface area contributed by atoms with Crippen molar-refractivity contribution in [2.45, 2.75) is 50.9 Å². The predicted molar refractivity (Wildman–Crippen MR) is 144 cm³/mol. The van der Waals surface area contributed by atoms with Crippen LogP contribution in [0.15, 0.2) is 50.8 Å². The molecule has 1 amide bonds. The zero-order chi connectivity index (χ0) is 25.8. The van der Waals surface area contributed by atoms with Crippen LogP contribution in [0.25, 0.3) is 11.3 Å². The van der Waals surface area contributed by atoms with Gasteiger partial charge in [-0.3, -0.25) is 14.6 Å². The van der Waals surface area contributed by atoms with Crippen LogP contribution in [0.5, 0.6) is 11.5 Å². The Morgan fingerprint density at radius 2 is 1.97 bits per heavy atom. The molecule has 0 saturated heterocycles. The van der Waals surface area contributed by atoms with Crippen molar-refractivity contribution < 1.29 is 19.0 Å². The molecular formula is C26H30BrN4O4S+. The molecule has 0 unspecified atom stereocenters. The molecule has 2 aromatic carbocycles. The lowest BCUT2D eigenvalue weighted by Crippen LogP contribution is -2.60. The van der Waals surface area contributed by atoms with E-state index in [1.54, 1.807) is 29.9 Å². The van der Waals surface area contributed by atoms with E-state index >= 15 is 0 Å². The van der Waals surface area contributed by atoms with Gasteiger partial charge >= 0.3 is 11.3 Å². The number of carbonyl (C=O) groups is 1. The number of carbonyl (C=O) groups excluding carboxylic acids is 1. The molecule has 190 valence electrons. The largest absolute Gasteiger partial charge is 0.493 e. The summed E-state index contributed by atoms with van der Waals surface area (Å²) >= 11 is 5.07. The van der Waals surface area contributed by atoms with Gasteiger partial charge in [-0.15, -0.1) is 0 Å². The van der Waals surface area contributed by atoms with E-state index in [1.165, 1.54) is 25.1 Å². The third-order valence-corrected chi connectivity index (χ3v) is 7.49. The number of aromatic nitrogens is 3. The number of para-hydroxylation sites is 1. The van der Waals surface area contributed by atoms with Crippen molar-refractivity contribution >= 4 is 39.3 Å². The van der Waals surface area contributed by atoms with Crippen LogP contribution in [-0.2, 0) is 4.79 Å². The molecule has 0 aliphatic carbocycles. The van der Waals surface area contributed by atoms with Gasteiger partial charge < -0.3 is 9.47 Å². The van der Waals surface area contributed by atoms with E-state index in [1.807, 2.05) is 30.3 Å². The first-order valence-corrected chi connectivity index (χ1v) is 13.7. The number of methoxy groups -OCH3 is 2. The summed E-state index contributed by atoms with van der Waals surface area (Å²) in [6.45, 7) is 3.68. The summed E-state index contributed by atoms with van der Waals surface area (Å²) in [6.07, 6.45) is 3.74. The normalized spacial score (nSPS) is 14.2. The van der Waals surface area contributed by atoms with Crippen molar-refractivity contribution in [2.24, 2.45) is 0 Å². The number of unbranched alkanes of at least 4 members (excludes halogenated alkanes) is 3. The zero-order valence-corrected chi connectivity index (χ0v) is 23.2. The lowest BCUT2D eigenvalue weighted by molar-refractivity contribution is -0.763. The number of benzene rings is 2. The Labute approximate surface area is 223 Å². The van der Waals surface area contributed by atoms with Crippen LogP contribution in [0.3, 0.4) is 0 Å². The number of fused-ring (bicyclic) bond motifs is 3. The Hall–Kier alpha value is -2.85. The summed E-state index contributed by atoms with van der Waals surface area (Å²) in [5.74, 6) is 1.61. The Morgan fingerprint density at radius 3 is 2.67 bits per heavy atom. The maximum atomic E-state index is 13.5. The van der Waals surface area contributed by atoms with E-state index in [-0.39, 0.29) is 11.5 Å². The zero-order valence-electron chi connectivity index (χ0n) is 20.8. The Morgan fingerprint density at radius 1 is 1.19 bits per heavy atom. The molecule has 36 heavy (non-hydrogen) atoms. The minimum atomic E-state index is -0.768. The Bertz CT molecular complexity index is 1330. The van der Waals surface area contributed by atoms with Crippen LogP contribution < -0.4 is 24.6 Å². The van der Waals surface area contributed by atoms with Crippen LogP contribution in [0.2, 0.25) is 0 Å². The van der Waals surface area contributed by atoms with E-state index in [4.69, 9.17) is 14.6 Å². The summed E-state index contributed by atoms with van der Waals surface area (Å²) in [4.78, 5) is 31.2. The van der Waals surface area contributed by atoms with E-state index in [2.05, 4.69) is 27.8 Å². The van der Waals surface area contributed by atoms with E-state index in [0.717, 1.165) is 29.5 Å². The number of rotatable bonds is 9. The number of H-pyrrole nitrogens is 1. The highest BCUT2D eigenvalue weighted by Gasteiger charge is 2.46. The highest BCUT2D eigenvalue weighted by molar-refractivity contribution is 9.10. The third kappa shape index (κ3) is 5.01. The molecule has 2 heterocycles. The lowest BCUT2D eigenvalue weighted by atomic mass is 10.0. The van der Waals surface area contributed by atoms with Gasteiger partial charge in [0, 0.05) is 22.2 Å². The number of nitrogens with zero attached hydrogens (tertiary/aromatic N) is 3. The van der Waals surface area contributed by atoms with Crippen LogP contribution in [0.1, 0.15) is 51.3 Å². The SMILES string of the molecule is CCCCCCSc1n[n+]2c(c(=O)[nH]1)-c1ccccc1N(C(C)=O)[C@H]2c1cc(Br)cc(OC)c1OC. The summed E-state index contributed by atoms with van der Waals surface area (Å²) in [5.41, 5.74) is 2.02. The molecule has 1 aromatic heterocycles. The number of ether oxygens (including phenoxy) is 2. The smallest absolute Gasteiger partial charge is 0.325 e. The average molecular weight is 575 g/mol. The van der Waals surface area contributed by atoms with Crippen LogP contribution in [0, 0.1) is 0 Å². The van der Waals surface area contributed by atoms with Crippen LogP contribution in [0.4, 0.5) is 5.69 Å². The van der Waals surface area contributed by atoms with Gasteiger partial charge in [0.25, 0.3) is 6.17 Å². The molecule has 0 fully saturated rings. The number of anilines is 1. The molecule has 1 aliphatic heterocycles. The Kier molecular flexibility index (Phi) is 8.35. The monoisotopic (exact) mass is 573 g/mol. The number of aromatic amines is 1. The first-order valence-electron chi connectivity index (χ1n) is 11.9. The van der Waals surface area contributed by atoms with E-state index < -0.39 is 6.17 Å². The molecule has 1 N–H and O–H groups in total. The van der Waals surface area contributed by atoms with Crippen molar-refractivity contribution in [1.29, 1.82) is 0 Å². The van der Waals surface area contributed by atoms with E-state index in [9.17, 15) is 9.59 Å². The van der Waals surface area contributed by atoms with Gasteiger partial charge in [-0.25, -0.2) is 4.90 Å². The van der Waals surface area contributed by atoms with E-state index in [0.29, 0.717) is 39.2 Å². The lowest BCUT2D eigenvalue weighted by Gasteiger charge is -2.32. The second-order valence-electron chi connectivity index (χ2n) is 8.47. The minimum Gasteiger partial charge on any atom is -0.493 e. The van der Waals surface area contributed by atoms with Crippen molar-refractivity contribution in [3.8, 4) is 22.8 Å². The second-order valence-corrected chi connectivity index (χ2v) is 10.5. The molecule has 4 rings (SSSR count). The molecule has 0 bridgehead atoms. The standard InChI is InChI=1S/C26H29BrN4O4S/c1-5-6-7-10-13-36-26-28-24(33)22-18-11-8-9-12-20(18)30(16(2)32)25(31(22)29-26)19-14-17(27)15-21(34-3)23(19)35-4/h8-9,11-12,14-15,25H,5-7,10,13H2,1-4H3/p+1/t25-/m1/s1. The summed E-state index contributed by atoms with van der Waals surface area (Å²) in [7, 11) is 3.11. The van der Waals surface area contributed by atoms with Crippen molar-refractivity contribution in [3.63, 3.8) is 0 Å². The van der Waals surface area contributed by atoms with Gasteiger partial charge in [0.15, 0.2) is 11.5 Å². The van der Waals surface area contributed by atoms with Crippen molar-refractivity contribution in [3.05, 3.63) is 56.8 Å². The highest BCUT2D eigenvalue weighted by Crippen LogP contribution is 2.43. The number of halogens is 1. The third-order valence-electron chi connectivity index (χ3n) is 6.08. The molecule has 1 atom stereocenters.